The van der Waals surface area contributed by atoms with E-state index in [1.54, 1.807) is 12.5 Å². The van der Waals surface area contributed by atoms with Crippen LogP contribution < -0.4 is 0 Å². The monoisotopic (exact) mass is 282 g/mol. The predicted octanol–water partition coefficient (Wildman–Crippen LogP) is 5.51. The Morgan fingerprint density at radius 2 is 1.70 bits per heavy atom. The molecule has 0 spiro atoms. The zero-order valence-corrected chi connectivity index (χ0v) is 11.3. The molecule has 0 saturated heterocycles. The summed E-state index contributed by atoms with van der Waals surface area (Å²) in [7, 11) is 0. The molecule has 2 aromatic heterocycles. The van der Waals surface area contributed by atoms with Crippen molar-refractivity contribution in [1.82, 2.24) is 0 Å². The van der Waals surface area contributed by atoms with Crippen LogP contribution in [0.5, 0.6) is 0 Å². The second-order valence-electron chi connectivity index (χ2n) is 4.77. The lowest BCUT2D eigenvalue weighted by molar-refractivity contribution is 0.564. The fraction of sp³-hybridized carbons (Fsp3) is 0.0588. The standard InChI is InChI=1S/C17H11ClO2/c18-17(12-7-8-19-10-12)11-5-6-16-14(9-11)13-3-1-2-4-15(13)20-16/h1-10,17H. The molecule has 0 aliphatic heterocycles. The minimum atomic E-state index is -0.216. The quantitative estimate of drug-likeness (QED) is 0.453. The lowest BCUT2D eigenvalue weighted by Gasteiger charge is -2.07. The fourth-order valence-electron chi connectivity index (χ4n) is 2.51. The highest BCUT2D eigenvalue weighted by molar-refractivity contribution is 6.22. The molecule has 4 aromatic rings. The summed E-state index contributed by atoms with van der Waals surface area (Å²) in [4.78, 5) is 0. The van der Waals surface area contributed by atoms with E-state index in [1.807, 2.05) is 36.4 Å². The molecule has 0 fully saturated rings. The molecule has 3 heteroatoms. The highest BCUT2D eigenvalue weighted by atomic mass is 35.5. The van der Waals surface area contributed by atoms with Gasteiger partial charge in [-0.1, -0.05) is 24.3 Å². The van der Waals surface area contributed by atoms with Gasteiger partial charge in [-0.05, 0) is 29.8 Å². The Bertz CT molecular complexity index is 874. The fourth-order valence-corrected chi connectivity index (χ4v) is 2.77. The normalized spacial score (nSPS) is 13.1. The summed E-state index contributed by atoms with van der Waals surface area (Å²) in [5.41, 5.74) is 3.77. The predicted molar refractivity (Wildman–Crippen MR) is 80.1 cm³/mol. The first kappa shape index (κ1) is 11.6. The Morgan fingerprint density at radius 3 is 2.55 bits per heavy atom. The molecule has 0 aliphatic carbocycles. The van der Waals surface area contributed by atoms with Gasteiger partial charge in [-0.2, -0.15) is 0 Å². The van der Waals surface area contributed by atoms with Crippen molar-refractivity contribution in [1.29, 1.82) is 0 Å². The molecule has 0 amide bonds. The summed E-state index contributed by atoms with van der Waals surface area (Å²) >= 11 is 6.50. The molecule has 20 heavy (non-hydrogen) atoms. The van der Waals surface area contributed by atoms with Crippen LogP contribution in [0, 0.1) is 0 Å². The van der Waals surface area contributed by atoms with Gasteiger partial charge in [0.1, 0.15) is 11.2 Å². The van der Waals surface area contributed by atoms with Gasteiger partial charge in [-0.15, -0.1) is 11.6 Å². The zero-order chi connectivity index (χ0) is 13.5. The Labute approximate surface area is 120 Å². The largest absolute Gasteiger partial charge is 0.472 e. The number of halogens is 1. The Hall–Kier alpha value is -2.19. The zero-order valence-electron chi connectivity index (χ0n) is 10.5. The molecule has 0 N–H and O–H groups in total. The summed E-state index contributed by atoms with van der Waals surface area (Å²) in [5, 5.41) is 1.99. The third-order valence-corrected chi connectivity index (χ3v) is 4.03. The van der Waals surface area contributed by atoms with E-state index in [0.717, 1.165) is 33.1 Å². The van der Waals surface area contributed by atoms with Crippen molar-refractivity contribution in [3.05, 3.63) is 72.2 Å². The first-order chi connectivity index (χ1) is 9.83. The smallest absolute Gasteiger partial charge is 0.135 e. The van der Waals surface area contributed by atoms with Gasteiger partial charge in [0.15, 0.2) is 0 Å². The number of fused-ring (bicyclic) bond motifs is 3. The van der Waals surface area contributed by atoms with Gasteiger partial charge in [-0.25, -0.2) is 0 Å². The first-order valence-corrected chi connectivity index (χ1v) is 6.84. The van der Waals surface area contributed by atoms with Crippen LogP contribution in [0.3, 0.4) is 0 Å². The molecule has 2 aromatic carbocycles. The maximum Gasteiger partial charge on any atom is 0.135 e. The molecular weight excluding hydrogens is 272 g/mol. The average molecular weight is 283 g/mol. The molecule has 1 unspecified atom stereocenters. The average Bonchev–Trinajstić information content (AvgIpc) is 3.13. The summed E-state index contributed by atoms with van der Waals surface area (Å²) in [5.74, 6) is 0. The van der Waals surface area contributed by atoms with Crippen LogP contribution in [0.15, 0.2) is 69.9 Å². The van der Waals surface area contributed by atoms with Gasteiger partial charge in [0.2, 0.25) is 0 Å². The first-order valence-electron chi connectivity index (χ1n) is 6.40. The van der Waals surface area contributed by atoms with Gasteiger partial charge in [0.05, 0.1) is 17.9 Å². The van der Waals surface area contributed by atoms with Crippen LogP contribution in [0.4, 0.5) is 0 Å². The maximum atomic E-state index is 6.50. The third kappa shape index (κ3) is 1.73. The molecule has 2 heterocycles. The van der Waals surface area contributed by atoms with E-state index < -0.39 is 0 Å². The lowest BCUT2D eigenvalue weighted by Crippen LogP contribution is -1.90. The van der Waals surface area contributed by atoms with Crippen molar-refractivity contribution in [3.8, 4) is 0 Å². The molecule has 4 rings (SSSR count). The van der Waals surface area contributed by atoms with E-state index in [4.69, 9.17) is 20.4 Å². The molecule has 0 radical (unpaired) electrons. The van der Waals surface area contributed by atoms with E-state index in [0.29, 0.717) is 0 Å². The van der Waals surface area contributed by atoms with E-state index in [1.165, 1.54) is 0 Å². The van der Waals surface area contributed by atoms with Gasteiger partial charge in [0.25, 0.3) is 0 Å². The van der Waals surface area contributed by atoms with E-state index in [-0.39, 0.29) is 5.38 Å². The molecule has 1 atom stereocenters. The van der Waals surface area contributed by atoms with Crippen LogP contribution in [0.2, 0.25) is 0 Å². The van der Waals surface area contributed by atoms with Gasteiger partial charge >= 0.3 is 0 Å². The van der Waals surface area contributed by atoms with Gasteiger partial charge in [0, 0.05) is 16.3 Å². The van der Waals surface area contributed by atoms with Crippen molar-refractivity contribution in [2.24, 2.45) is 0 Å². The van der Waals surface area contributed by atoms with E-state index >= 15 is 0 Å². The highest BCUT2D eigenvalue weighted by Gasteiger charge is 2.14. The maximum absolute atomic E-state index is 6.50. The van der Waals surface area contributed by atoms with Crippen LogP contribution >= 0.6 is 11.6 Å². The van der Waals surface area contributed by atoms with Crippen molar-refractivity contribution in [2.75, 3.05) is 0 Å². The summed E-state index contributed by atoms with van der Waals surface area (Å²) in [6.45, 7) is 0. The van der Waals surface area contributed by atoms with Gasteiger partial charge < -0.3 is 8.83 Å². The van der Waals surface area contributed by atoms with Crippen LogP contribution in [0.25, 0.3) is 21.9 Å². The number of furan rings is 2. The lowest BCUT2D eigenvalue weighted by atomic mass is 10.0. The second kappa shape index (κ2) is 4.43. The van der Waals surface area contributed by atoms with E-state index in [2.05, 4.69) is 12.1 Å². The second-order valence-corrected chi connectivity index (χ2v) is 5.21. The molecule has 98 valence electrons. The Balaban J connectivity index is 1.91. The van der Waals surface area contributed by atoms with Crippen molar-refractivity contribution < 1.29 is 8.83 Å². The summed E-state index contributed by atoms with van der Waals surface area (Å²) in [6, 6.07) is 16.0. The van der Waals surface area contributed by atoms with Gasteiger partial charge in [-0.3, -0.25) is 0 Å². The summed E-state index contributed by atoms with van der Waals surface area (Å²) < 4.78 is 10.9. The molecule has 0 saturated carbocycles. The minimum absolute atomic E-state index is 0.216. The topological polar surface area (TPSA) is 26.3 Å². The highest BCUT2D eigenvalue weighted by Crippen LogP contribution is 2.34. The third-order valence-electron chi connectivity index (χ3n) is 3.53. The number of rotatable bonds is 2. The Morgan fingerprint density at radius 1 is 0.850 bits per heavy atom. The number of hydrogen-bond acceptors (Lipinski definition) is 2. The van der Waals surface area contributed by atoms with Crippen molar-refractivity contribution >= 4 is 33.5 Å². The number of hydrogen-bond donors (Lipinski definition) is 0. The van der Waals surface area contributed by atoms with Crippen LogP contribution in [0.1, 0.15) is 16.5 Å². The van der Waals surface area contributed by atoms with E-state index in [9.17, 15) is 0 Å². The summed E-state index contributed by atoms with van der Waals surface area (Å²) in [6.07, 6.45) is 3.31. The van der Waals surface area contributed by atoms with Crippen LogP contribution in [-0.4, -0.2) is 0 Å². The SMILES string of the molecule is ClC(c1ccoc1)c1ccc2oc3ccccc3c2c1. The van der Waals surface area contributed by atoms with Crippen molar-refractivity contribution in [3.63, 3.8) is 0 Å². The van der Waals surface area contributed by atoms with Crippen LogP contribution in [-0.2, 0) is 0 Å². The number of alkyl halides is 1. The Kier molecular flexibility index (Phi) is 2.57. The molecule has 0 aliphatic rings. The number of para-hydroxylation sites is 1. The molecule has 2 nitrogen and oxygen atoms in total. The molecular formula is C17H11ClO2. The molecule has 0 bridgehead atoms. The van der Waals surface area contributed by atoms with Crippen molar-refractivity contribution in [2.45, 2.75) is 5.38 Å². The number of benzene rings is 2. The minimum Gasteiger partial charge on any atom is -0.472 e.